The number of nitrogens with zero attached hydrogens (tertiary/aromatic N) is 2. The highest BCUT2D eigenvalue weighted by atomic mass is 35.5. The Morgan fingerprint density at radius 1 is 1.23 bits per heavy atom. The molecule has 26 heavy (non-hydrogen) atoms. The van der Waals surface area contributed by atoms with Crippen LogP contribution in [0.25, 0.3) is 11.3 Å². The second-order valence-electron chi connectivity index (χ2n) is 6.19. The van der Waals surface area contributed by atoms with Gasteiger partial charge in [-0.2, -0.15) is 0 Å². The van der Waals surface area contributed by atoms with E-state index in [1.165, 1.54) is 0 Å². The van der Waals surface area contributed by atoms with Crippen LogP contribution >= 0.6 is 11.6 Å². The molecule has 1 fully saturated rings. The number of rotatable bonds is 6. The van der Waals surface area contributed by atoms with Crippen molar-refractivity contribution < 1.29 is 9.32 Å². The van der Waals surface area contributed by atoms with Gasteiger partial charge in [-0.25, -0.2) is 0 Å². The number of amides is 1. The van der Waals surface area contributed by atoms with Crippen LogP contribution in [-0.2, 0) is 6.54 Å². The molecule has 0 radical (unpaired) electrons. The molecule has 1 aromatic carbocycles. The Labute approximate surface area is 155 Å². The largest absolute Gasteiger partial charge is 0.378 e. The maximum absolute atomic E-state index is 12.1. The van der Waals surface area contributed by atoms with Crippen molar-refractivity contribution in [2.24, 2.45) is 0 Å². The number of aromatic nitrogens is 2. The number of anilines is 1. The first-order valence-corrected chi connectivity index (χ1v) is 8.78. The molecule has 4 rings (SSSR count). The highest BCUT2D eigenvalue weighted by Gasteiger charge is 2.24. The van der Waals surface area contributed by atoms with Crippen LogP contribution in [0, 0.1) is 0 Å². The molecular formula is C19H17ClN4O2. The van der Waals surface area contributed by atoms with Crippen LogP contribution in [-0.4, -0.2) is 22.1 Å². The topological polar surface area (TPSA) is 80.0 Å². The molecule has 132 valence electrons. The monoisotopic (exact) mass is 368 g/mol. The molecule has 3 aromatic rings. The Hall–Kier alpha value is -2.86. The summed E-state index contributed by atoms with van der Waals surface area (Å²) in [6.45, 7) is 0.436. The minimum Gasteiger partial charge on any atom is -0.378 e. The lowest BCUT2D eigenvalue weighted by atomic mass is 10.1. The minimum atomic E-state index is -0.142. The lowest BCUT2D eigenvalue weighted by Crippen LogP contribution is -2.26. The van der Waals surface area contributed by atoms with Crippen molar-refractivity contribution in [3.63, 3.8) is 0 Å². The number of hydrogen-bond acceptors (Lipinski definition) is 5. The van der Waals surface area contributed by atoms with Crippen molar-refractivity contribution >= 4 is 23.2 Å². The van der Waals surface area contributed by atoms with E-state index in [1.807, 2.05) is 30.3 Å². The number of pyridine rings is 1. The van der Waals surface area contributed by atoms with Gasteiger partial charge in [0.2, 0.25) is 0 Å². The quantitative estimate of drug-likeness (QED) is 0.689. The number of hydrogen-bond donors (Lipinski definition) is 2. The maximum Gasteiger partial charge on any atom is 0.270 e. The first-order chi connectivity index (χ1) is 12.7. The summed E-state index contributed by atoms with van der Waals surface area (Å²) in [5.74, 6) is 0.525. The molecule has 2 aromatic heterocycles. The van der Waals surface area contributed by atoms with Gasteiger partial charge in [0.15, 0.2) is 5.76 Å². The van der Waals surface area contributed by atoms with Crippen molar-refractivity contribution in [2.75, 3.05) is 5.32 Å². The summed E-state index contributed by atoms with van der Waals surface area (Å²) in [5, 5.41) is 10.8. The van der Waals surface area contributed by atoms with E-state index in [0.29, 0.717) is 34.8 Å². The lowest BCUT2D eigenvalue weighted by molar-refractivity contribution is 0.0946. The second kappa shape index (κ2) is 7.17. The smallest absolute Gasteiger partial charge is 0.270 e. The molecule has 2 heterocycles. The van der Waals surface area contributed by atoms with Gasteiger partial charge in [0.25, 0.3) is 5.91 Å². The molecule has 0 aliphatic heterocycles. The van der Waals surface area contributed by atoms with E-state index in [1.54, 1.807) is 18.3 Å². The molecule has 2 N–H and O–H groups in total. The third kappa shape index (κ3) is 3.86. The van der Waals surface area contributed by atoms with Crippen LogP contribution in [0.15, 0.2) is 53.2 Å². The van der Waals surface area contributed by atoms with Crippen LogP contribution in [0.3, 0.4) is 0 Å². The van der Waals surface area contributed by atoms with Gasteiger partial charge in [0, 0.05) is 29.6 Å². The fourth-order valence-electron chi connectivity index (χ4n) is 2.53. The zero-order valence-corrected chi connectivity index (χ0v) is 14.7. The molecule has 1 aliphatic carbocycles. The number of halogens is 1. The number of nitrogens with one attached hydrogen (secondary N) is 2. The Morgan fingerprint density at radius 2 is 2.08 bits per heavy atom. The zero-order valence-electron chi connectivity index (χ0n) is 13.9. The molecule has 7 heteroatoms. The van der Waals surface area contributed by atoms with Crippen molar-refractivity contribution in [3.05, 3.63) is 65.1 Å². The SMILES string of the molecule is O=C(NC1CC1)c1cc(NCc2cc(-c3ccccc3Cl)no2)ccn1. The fraction of sp³-hybridized carbons (Fsp3) is 0.211. The summed E-state index contributed by atoms with van der Waals surface area (Å²) in [4.78, 5) is 16.2. The van der Waals surface area contributed by atoms with Gasteiger partial charge >= 0.3 is 0 Å². The molecular weight excluding hydrogens is 352 g/mol. The van der Waals surface area contributed by atoms with Crippen LogP contribution in [0.1, 0.15) is 29.1 Å². The van der Waals surface area contributed by atoms with Crippen LogP contribution < -0.4 is 10.6 Å². The number of benzene rings is 1. The third-order valence-corrected chi connectivity index (χ3v) is 4.41. The van der Waals surface area contributed by atoms with Gasteiger partial charge < -0.3 is 15.2 Å². The minimum absolute atomic E-state index is 0.142. The van der Waals surface area contributed by atoms with E-state index in [0.717, 1.165) is 24.1 Å². The van der Waals surface area contributed by atoms with Gasteiger partial charge in [-0.05, 0) is 31.0 Å². The third-order valence-electron chi connectivity index (χ3n) is 4.08. The average molecular weight is 369 g/mol. The molecule has 0 saturated heterocycles. The summed E-state index contributed by atoms with van der Waals surface area (Å²) < 4.78 is 5.37. The first kappa shape index (κ1) is 16.6. The van der Waals surface area contributed by atoms with Crippen molar-refractivity contribution in [1.29, 1.82) is 0 Å². The Morgan fingerprint density at radius 3 is 2.88 bits per heavy atom. The maximum atomic E-state index is 12.1. The zero-order chi connectivity index (χ0) is 17.9. The average Bonchev–Trinajstić information content (AvgIpc) is 3.35. The molecule has 0 spiro atoms. The van der Waals surface area contributed by atoms with Gasteiger partial charge in [-0.3, -0.25) is 9.78 Å². The Bertz CT molecular complexity index is 937. The number of carbonyl (C=O) groups is 1. The highest BCUT2D eigenvalue weighted by molar-refractivity contribution is 6.33. The first-order valence-electron chi connectivity index (χ1n) is 8.40. The molecule has 1 amide bonds. The van der Waals surface area contributed by atoms with E-state index < -0.39 is 0 Å². The molecule has 0 bridgehead atoms. The predicted octanol–water partition coefficient (Wildman–Crippen LogP) is 3.89. The van der Waals surface area contributed by atoms with E-state index in [9.17, 15) is 4.79 Å². The van der Waals surface area contributed by atoms with Gasteiger partial charge in [0.1, 0.15) is 11.4 Å². The molecule has 1 saturated carbocycles. The summed E-state index contributed by atoms with van der Waals surface area (Å²) in [6.07, 6.45) is 3.70. The van der Waals surface area contributed by atoms with Gasteiger partial charge in [-0.15, -0.1) is 0 Å². The molecule has 6 nitrogen and oxygen atoms in total. The highest BCUT2D eigenvalue weighted by Crippen LogP contribution is 2.27. The molecule has 0 atom stereocenters. The predicted molar refractivity (Wildman–Crippen MR) is 99.0 cm³/mol. The van der Waals surface area contributed by atoms with Crippen LogP contribution in [0.4, 0.5) is 5.69 Å². The standard InChI is InChI=1S/C19H17ClN4O2/c20-16-4-2-1-3-15(16)17-10-14(26-24-17)11-22-13-7-8-21-18(9-13)19(25)23-12-5-6-12/h1-4,7-10,12H,5-6,11H2,(H,21,22)(H,23,25). The summed E-state index contributed by atoms with van der Waals surface area (Å²) in [5.41, 5.74) is 2.70. The van der Waals surface area contributed by atoms with E-state index in [2.05, 4.69) is 20.8 Å². The van der Waals surface area contributed by atoms with E-state index in [4.69, 9.17) is 16.1 Å². The fourth-order valence-corrected chi connectivity index (χ4v) is 2.77. The Kier molecular flexibility index (Phi) is 4.58. The van der Waals surface area contributed by atoms with Crippen LogP contribution in [0.2, 0.25) is 5.02 Å². The number of carbonyl (C=O) groups excluding carboxylic acids is 1. The summed E-state index contributed by atoms with van der Waals surface area (Å²) in [7, 11) is 0. The van der Waals surface area contributed by atoms with Gasteiger partial charge in [0.05, 0.1) is 11.6 Å². The summed E-state index contributed by atoms with van der Waals surface area (Å²) in [6, 6.07) is 13.2. The van der Waals surface area contributed by atoms with Gasteiger partial charge in [-0.1, -0.05) is 35.0 Å². The van der Waals surface area contributed by atoms with E-state index in [-0.39, 0.29) is 5.91 Å². The summed E-state index contributed by atoms with van der Waals surface area (Å²) >= 11 is 6.19. The Balaban J connectivity index is 1.41. The van der Waals surface area contributed by atoms with Crippen molar-refractivity contribution in [2.45, 2.75) is 25.4 Å². The normalized spacial score (nSPS) is 13.4. The second-order valence-corrected chi connectivity index (χ2v) is 6.60. The van der Waals surface area contributed by atoms with E-state index >= 15 is 0 Å². The van der Waals surface area contributed by atoms with Crippen molar-refractivity contribution in [1.82, 2.24) is 15.5 Å². The van der Waals surface area contributed by atoms with Crippen LogP contribution in [0.5, 0.6) is 0 Å². The molecule has 1 aliphatic rings. The lowest BCUT2D eigenvalue weighted by Gasteiger charge is -2.06. The molecule has 0 unspecified atom stereocenters. The van der Waals surface area contributed by atoms with Crippen molar-refractivity contribution in [3.8, 4) is 11.3 Å².